The molecule has 1 fully saturated rings. The molecule has 2 heterocycles. The van der Waals surface area contributed by atoms with Crippen molar-refractivity contribution in [2.45, 2.75) is 25.4 Å². The van der Waals surface area contributed by atoms with Gasteiger partial charge in [0.25, 0.3) is 5.91 Å². The molecule has 94 valence electrons. The van der Waals surface area contributed by atoms with Gasteiger partial charge in [0.15, 0.2) is 0 Å². The fourth-order valence-corrected chi connectivity index (χ4v) is 2.48. The van der Waals surface area contributed by atoms with Crippen LogP contribution in [-0.4, -0.2) is 41.1 Å². The van der Waals surface area contributed by atoms with Crippen LogP contribution in [0.15, 0.2) is 0 Å². The van der Waals surface area contributed by atoms with Gasteiger partial charge in [0.05, 0.1) is 0 Å². The van der Waals surface area contributed by atoms with E-state index in [0.29, 0.717) is 23.8 Å². The van der Waals surface area contributed by atoms with Crippen LogP contribution >= 0.6 is 11.5 Å². The van der Waals surface area contributed by atoms with Crippen LogP contribution in [0, 0.1) is 6.92 Å². The van der Waals surface area contributed by atoms with Crippen LogP contribution in [0.5, 0.6) is 0 Å². The third-order valence-electron chi connectivity index (χ3n) is 2.96. The van der Waals surface area contributed by atoms with Crippen LogP contribution in [-0.2, 0) is 9.53 Å². The number of rotatable bonds is 3. The number of ether oxygens (including phenoxy) is 1. The number of nitrogens with one attached hydrogen (secondary N) is 2. The van der Waals surface area contributed by atoms with Gasteiger partial charge in [-0.05, 0) is 32.9 Å². The third-order valence-corrected chi connectivity index (χ3v) is 3.69. The topological polar surface area (TPSA) is 76.1 Å². The highest BCUT2D eigenvalue weighted by atomic mass is 32.1. The van der Waals surface area contributed by atoms with E-state index in [0.717, 1.165) is 13.1 Å². The molecule has 0 aromatic carbocycles. The Hall–Kier alpha value is -1.05. The monoisotopic (exact) mass is 256 g/mol. The molecule has 0 aliphatic carbocycles. The molecular formula is C10H16N4O2S. The summed E-state index contributed by atoms with van der Waals surface area (Å²) in [4.78, 5) is 16.3. The number of hydrogen-bond acceptors (Lipinski definition) is 6. The Morgan fingerprint density at radius 2 is 2.24 bits per heavy atom. The van der Waals surface area contributed by atoms with Crippen molar-refractivity contribution in [2.75, 3.05) is 25.5 Å². The zero-order valence-corrected chi connectivity index (χ0v) is 10.8. The lowest BCUT2D eigenvalue weighted by Crippen LogP contribution is -2.51. The summed E-state index contributed by atoms with van der Waals surface area (Å²) in [5.74, 6) is 0.541. The van der Waals surface area contributed by atoms with Crippen molar-refractivity contribution in [3.8, 4) is 0 Å². The van der Waals surface area contributed by atoms with Gasteiger partial charge in [-0.2, -0.15) is 4.37 Å². The van der Waals surface area contributed by atoms with Crippen LogP contribution in [0.3, 0.4) is 0 Å². The van der Waals surface area contributed by atoms with Crippen molar-refractivity contribution in [3.63, 3.8) is 0 Å². The molecule has 1 aromatic heterocycles. The maximum absolute atomic E-state index is 12.2. The zero-order chi connectivity index (χ0) is 12.3. The minimum atomic E-state index is -0.731. The van der Waals surface area contributed by atoms with Gasteiger partial charge in [-0.3, -0.25) is 10.1 Å². The first-order valence-electron chi connectivity index (χ1n) is 5.54. The molecule has 0 spiro atoms. The fraction of sp³-hybridized carbons (Fsp3) is 0.700. The van der Waals surface area contributed by atoms with Gasteiger partial charge in [-0.25, -0.2) is 4.98 Å². The van der Waals surface area contributed by atoms with E-state index in [1.165, 1.54) is 11.5 Å². The van der Waals surface area contributed by atoms with Crippen LogP contribution in [0.25, 0.3) is 0 Å². The number of methoxy groups -OCH3 is 1. The van der Waals surface area contributed by atoms with Gasteiger partial charge in [-0.15, -0.1) is 0 Å². The van der Waals surface area contributed by atoms with Crippen molar-refractivity contribution in [3.05, 3.63) is 5.82 Å². The quantitative estimate of drug-likeness (QED) is 0.826. The first-order chi connectivity index (χ1) is 8.16. The molecule has 1 aromatic rings. The van der Waals surface area contributed by atoms with E-state index < -0.39 is 5.60 Å². The molecule has 0 radical (unpaired) electrons. The lowest BCUT2D eigenvalue weighted by Gasteiger charge is -2.34. The zero-order valence-electron chi connectivity index (χ0n) is 9.95. The fourth-order valence-electron chi connectivity index (χ4n) is 1.91. The predicted octanol–water partition coefficient (Wildman–Crippen LogP) is 0.554. The number of aromatic nitrogens is 2. The molecule has 0 unspecified atom stereocenters. The Morgan fingerprint density at radius 1 is 1.53 bits per heavy atom. The Bertz CT molecular complexity index is 401. The van der Waals surface area contributed by atoms with Crippen molar-refractivity contribution in [1.29, 1.82) is 0 Å². The van der Waals surface area contributed by atoms with Crippen molar-refractivity contribution in [1.82, 2.24) is 14.7 Å². The second kappa shape index (κ2) is 5.07. The number of anilines is 1. The van der Waals surface area contributed by atoms with E-state index >= 15 is 0 Å². The van der Waals surface area contributed by atoms with Gasteiger partial charge in [0.1, 0.15) is 11.4 Å². The minimum absolute atomic E-state index is 0.127. The number of nitrogens with zero attached hydrogens (tertiary/aromatic N) is 2. The maximum Gasteiger partial charge on any atom is 0.258 e. The second-order valence-electron chi connectivity index (χ2n) is 4.05. The molecule has 0 saturated carbocycles. The van der Waals surface area contributed by atoms with E-state index in [-0.39, 0.29) is 5.91 Å². The lowest BCUT2D eigenvalue weighted by molar-refractivity contribution is -0.140. The Kier molecular flexibility index (Phi) is 3.70. The van der Waals surface area contributed by atoms with Gasteiger partial charge in [-0.1, -0.05) is 0 Å². The highest BCUT2D eigenvalue weighted by molar-refractivity contribution is 7.09. The first-order valence-corrected chi connectivity index (χ1v) is 6.31. The van der Waals surface area contributed by atoms with Gasteiger partial charge >= 0.3 is 0 Å². The Morgan fingerprint density at radius 3 is 2.76 bits per heavy atom. The lowest BCUT2D eigenvalue weighted by atomic mass is 9.91. The van der Waals surface area contributed by atoms with Gasteiger partial charge < -0.3 is 10.1 Å². The van der Waals surface area contributed by atoms with E-state index in [2.05, 4.69) is 20.0 Å². The summed E-state index contributed by atoms with van der Waals surface area (Å²) in [6, 6.07) is 0. The number of amides is 1. The molecule has 1 amide bonds. The van der Waals surface area contributed by atoms with Gasteiger partial charge in [0.2, 0.25) is 5.13 Å². The highest BCUT2D eigenvalue weighted by Crippen LogP contribution is 2.24. The van der Waals surface area contributed by atoms with Crippen LogP contribution < -0.4 is 10.6 Å². The predicted molar refractivity (Wildman–Crippen MR) is 65.1 cm³/mol. The molecule has 1 saturated heterocycles. The van der Waals surface area contributed by atoms with Crippen molar-refractivity contribution < 1.29 is 9.53 Å². The summed E-state index contributed by atoms with van der Waals surface area (Å²) >= 11 is 1.19. The summed E-state index contributed by atoms with van der Waals surface area (Å²) in [6.07, 6.45) is 1.35. The number of hydrogen-bond donors (Lipinski definition) is 2. The third kappa shape index (κ3) is 2.62. The molecule has 1 aliphatic rings. The Balaban J connectivity index is 2.07. The number of carbonyl (C=O) groups is 1. The summed E-state index contributed by atoms with van der Waals surface area (Å²) in [6.45, 7) is 3.37. The van der Waals surface area contributed by atoms with E-state index in [9.17, 15) is 4.79 Å². The largest absolute Gasteiger partial charge is 0.368 e. The number of piperidine rings is 1. The normalized spacial score (nSPS) is 18.9. The summed E-state index contributed by atoms with van der Waals surface area (Å²) in [5.41, 5.74) is -0.731. The smallest absolute Gasteiger partial charge is 0.258 e. The molecule has 0 bridgehead atoms. The van der Waals surface area contributed by atoms with Crippen LogP contribution in [0.2, 0.25) is 0 Å². The summed E-state index contributed by atoms with van der Waals surface area (Å²) in [7, 11) is 1.58. The SMILES string of the molecule is COC1(C(=O)Nc2nc(C)ns2)CCNCC1. The summed E-state index contributed by atoms with van der Waals surface area (Å²) in [5, 5.41) is 6.52. The number of carbonyl (C=O) groups excluding carboxylic acids is 1. The molecule has 2 N–H and O–H groups in total. The molecular weight excluding hydrogens is 240 g/mol. The minimum Gasteiger partial charge on any atom is -0.368 e. The van der Waals surface area contributed by atoms with Gasteiger partial charge in [0, 0.05) is 18.6 Å². The highest BCUT2D eigenvalue weighted by Gasteiger charge is 2.40. The average Bonchev–Trinajstić information content (AvgIpc) is 2.75. The van der Waals surface area contributed by atoms with Crippen LogP contribution in [0.1, 0.15) is 18.7 Å². The van der Waals surface area contributed by atoms with E-state index in [4.69, 9.17) is 4.74 Å². The first kappa shape index (κ1) is 12.4. The van der Waals surface area contributed by atoms with Crippen LogP contribution in [0.4, 0.5) is 5.13 Å². The van der Waals surface area contributed by atoms with Crippen molar-refractivity contribution >= 4 is 22.6 Å². The summed E-state index contributed by atoms with van der Waals surface area (Å²) < 4.78 is 9.45. The molecule has 17 heavy (non-hydrogen) atoms. The average molecular weight is 256 g/mol. The molecule has 2 rings (SSSR count). The number of aryl methyl sites for hydroxylation is 1. The standard InChI is InChI=1S/C10H16N4O2S/c1-7-12-9(17-14-7)13-8(15)10(16-2)3-5-11-6-4-10/h11H,3-6H2,1-2H3,(H,12,13,14,15). The van der Waals surface area contributed by atoms with E-state index in [1.807, 2.05) is 0 Å². The molecule has 6 nitrogen and oxygen atoms in total. The van der Waals surface area contributed by atoms with E-state index in [1.54, 1.807) is 14.0 Å². The molecule has 1 aliphatic heterocycles. The maximum atomic E-state index is 12.2. The molecule has 0 atom stereocenters. The molecule has 7 heteroatoms. The van der Waals surface area contributed by atoms with Crippen molar-refractivity contribution in [2.24, 2.45) is 0 Å². The Labute approximate surface area is 104 Å². The second-order valence-corrected chi connectivity index (χ2v) is 4.80.